The van der Waals surface area contributed by atoms with Crippen LogP contribution in [0.15, 0.2) is 12.2 Å². The monoisotopic (exact) mass is 932 g/mol. The molecule has 0 fully saturated rings. The molecule has 0 radical (unpaired) electrons. The van der Waals surface area contributed by atoms with E-state index in [0.29, 0.717) is 12.8 Å². The largest absolute Gasteiger partial charge is 0.394 e. The second-order valence-electron chi connectivity index (χ2n) is 21.3. The number of unbranched alkanes of at least 4 members (excludes halogenated alkanes) is 47. The first-order valence-electron chi connectivity index (χ1n) is 30.5. The number of hydrogen-bond acceptors (Lipinski definition) is 4. The Bertz CT molecular complexity index is 940. The topological polar surface area (TPSA) is 89.8 Å². The number of amides is 1. The smallest absolute Gasteiger partial charge is 0.249 e. The van der Waals surface area contributed by atoms with Crippen molar-refractivity contribution >= 4 is 5.91 Å². The van der Waals surface area contributed by atoms with E-state index in [2.05, 4.69) is 31.3 Å². The molecule has 0 rings (SSSR count). The highest BCUT2D eigenvalue weighted by Gasteiger charge is 2.23. The molecule has 3 atom stereocenters. The zero-order valence-corrected chi connectivity index (χ0v) is 45.1. The number of hydrogen-bond donors (Lipinski definition) is 4. The number of aliphatic hydroxyl groups excluding tert-OH is 3. The molecule has 0 aromatic rings. The van der Waals surface area contributed by atoms with Gasteiger partial charge in [-0.2, -0.15) is 0 Å². The molecule has 0 heterocycles. The molecule has 0 aromatic carbocycles. The Morgan fingerprint density at radius 3 is 0.833 bits per heavy atom. The Hall–Kier alpha value is -0.910. The second kappa shape index (κ2) is 56.7. The molecule has 5 heteroatoms. The summed E-state index contributed by atoms with van der Waals surface area (Å²) < 4.78 is 0. The first-order chi connectivity index (χ1) is 32.6. The number of aliphatic hydroxyl groups is 3. The van der Waals surface area contributed by atoms with Gasteiger partial charge in [0, 0.05) is 0 Å². The van der Waals surface area contributed by atoms with Crippen molar-refractivity contribution < 1.29 is 20.1 Å². The molecule has 3 unspecified atom stereocenters. The quantitative estimate of drug-likeness (QED) is 0.0361. The van der Waals surface area contributed by atoms with E-state index in [0.717, 1.165) is 32.1 Å². The molecule has 0 aliphatic heterocycles. The van der Waals surface area contributed by atoms with Crippen LogP contribution in [-0.2, 0) is 4.79 Å². The van der Waals surface area contributed by atoms with Gasteiger partial charge in [0.2, 0.25) is 5.91 Å². The lowest BCUT2D eigenvalue weighted by Crippen LogP contribution is -2.49. The van der Waals surface area contributed by atoms with Crippen LogP contribution in [0.2, 0.25) is 0 Å². The summed E-state index contributed by atoms with van der Waals surface area (Å²) >= 11 is 0. The predicted molar refractivity (Wildman–Crippen MR) is 292 cm³/mol. The molecule has 66 heavy (non-hydrogen) atoms. The van der Waals surface area contributed by atoms with Gasteiger partial charge in [0.15, 0.2) is 0 Å². The zero-order valence-electron chi connectivity index (χ0n) is 45.1. The Kier molecular flexibility index (Phi) is 55.9. The van der Waals surface area contributed by atoms with E-state index in [1.165, 1.54) is 289 Å². The van der Waals surface area contributed by atoms with Gasteiger partial charge in [-0.15, -0.1) is 0 Å². The maximum atomic E-state index is 12.6. The maximum absolute atomic E-state index is 12.6. The number of carbonyl (C=O) groups excluding carboxylic acids is 1. The minimum Gasteiger partial charge on any atom is -0.394 e. The lowest BCUT2D eigenvalue weighted by Gasteiger charge is -2.23. The maximum Gasteiger partial charge on any atom is 0.249 e. The van der Waals surface area contributed by atoms with Gasteiger partial charge in [-0.1, -0.05) is 321 Å². The highest BCUT2D eigenvalue weighted by molar-refractivity contribution is 5.80. The SMILES string of the molecule is CCCCCCCCCCCCCC/C=C\CCCCCCCCCCCCCCCC(O)C(=O)NC(CO)C(O)CCCCCCCCCCCCCCCCCCCCCCCCC. The average Bonchev–Trinajstić information content (AvgIpc) is 3.32. The molecule has 0 bridgehead atoms. The van der Waals surface area contributed by atoms with Crippen LogP contribution >= 0.6 is 0 Å². The fourth-order valence-corrected chi connectivity index (χ4v) is 9.90. The van der Waals surface area contributed by atoms with Crippen molar-refractivity contribution in [3.63, 3.8) is 0 Å². The minimum absolute atomic E-state index is 0.309. The van der Waals surface area contributed by atoms with Gasteiger partial charge in [-0.25, -0.2) is 0 Å². The summed E-state index contributed by atoms with van der Waals surface area (Å²) in [6.07, 6.45) is 71.3. The van der Waals surface area contributed by atoms with E-state index >= 15 is 0 Å². The Morgan fingerprint density at radius 2 is 0.576 bits per heavy atom. The molecule has 0 aliphatic rings. The third-order valence-corrected chi connectivity index (χ3v) is 14.6. The average molecular weight is 933 g/mol. The van der Waals surface area contributed by atoms with E-state index in [9.17, 15) is 20.1 Å². The summed E-state index contributed by atoms with van der Waals surface area (Å²) in [4.78, 5) is 12.6. The van der Waals surface area contributed by atoms with Crippen LogP contribution in [0.3, 0.4) is 0 Å². The third kappa shape index (κ3) is 51.0. The van der Waals surface area contributed by atoms with Gasteiger partial charge >= 0.3 is 0 Å². The molecule has 0 spiro atoms. The van der Waals surface area contributed by atoms with Crippen molar-refractivity contribution in [3.05, 3.63) is 12.2 Å². The summed E-state index contributed by atoms with van der Waals surface area (Å²) in [6.45, 7) is 4.28. The van der Waals surface area contributed by atoms with Crippen LogP contribution in [0, 0.1) is 0 Å². The summed E-state index contributed by atoms with van der Waals surface area (Å²) in [5.41, 5.74) is 0. The van der Waals surface area contributed by atoms with Crippen LogP contribution in [0.25, 0.3) is 0 Å². The van der Waals surface area contributed by atoms with E-state index in [-0.39, 0.29) is 6.61 Å². The number of rotatable bonds is 57. The Labute approximate surface area is 414 Å². The molecule has 5 nitrogen and oxygen atoms in total. The standard InChI is InChI=1S/C61H121NO4/c1-3-5-7-9-11-13-15-17-19-21-23-25-27-28-29-30-31-32-34-36-38-40-42-44-46-48-50-52-54-56-60(65)61(66)62-58(57-63)59(64)55-53-51-49-47-45-43-41-39-37-35-33-26-24-22-20-18-16-14-12-10-8-6-4-2/h28-29,58-60,63-65H,3-27,30-57H2,1-2H3,(H,62,66)/b29-28-. The molecule has 0 aliphatic carbocycles. The highest BCUT2D eigenvalue weighted by atomic mass is 16.3. The zero-order chi connectivity index (χ0) is 47.9. The van der Waals surface area contributed by atoms with Crippen molar-refractivity contribution in [2.75, 3.05) is 6.61 Å². The minimum atomic E-state index is -1.07. The third-order valence-electron chi connectivity index (χ3n) is 14.6. The lowest BCUT2D eigenvalue weighted by molar-refractivity contribution is -0.131. The van der Waals surface area contributed by atoms with E-state index in [1.54, 1.807) is 0 Å². The van der Waals surface area contributed by atoms with Crippen LogP contribution in [0.4, 0.5) is 0 Å². The molecule has 0 saturated carbocycles. The molecule has 394 valence electrons. The fourth-order valence-electron chi connectivity index (χ4n) is 9.90. The fraction of sp³-hybridized carbons (Fsp3) is 0.951. The van der Waals surface area contributed by atoms with Crippen LogP contribution in [0.1, 0.15) is 348 Å². The highest BCUT2D eigenvalue weighted by Crippen LogP contribution is 2.19. The van der Waals surface area contributed by atoms with Crippen molar-refractivity contribution in [3.8, 4) is 0 Å². The first kappa shape index (κ1) is 65.1. The van der Waals surface area contributed by atoms with Gasteiger partial charge in [0.25, 0.3) is 0 Å². The number of nitrogens with one attached hydrogen (secondary N) is 1. The van der Waals surface area contributed by atoms with Crippen molar-refractivity contribution in [1.82, 2.24) is 5.32 Å². The summed E-state index contributed by atoms with van der Waals surface area (Å²) in [5.74, 6) is -0.463. The van der Waals surface area contributed by atoms with E-state index < -0.39 is 24.2 Å². The first-order valence-corrected chi connectivity index (χ1v) is 30.5. The molecular formula is C61H121NO4. The van der Waals surface area contributed by atoms with Gasteiger partial charge in [-0.3, -0.25) is 4.79 Å². The van der Waals surface area contributed by atoms with Crippen LogP contribution in [-0.4, -0.2) is 46.1 Å². The van der Waals surface area contributed by atoms with Crippen LogP contribution in [0.5, 0.6) is 0 Å². The number of carbonyl (C=O) groups is 1. The van der Waals surface area contributed by atoms with Gasteiger partial charge < -0.3 is 20.6 Å². The number of allylic oxidation sites excluding steroid dienone is 2. The summed E-state index contributed by atoms with van der Waals surface area (Å²) in [6, 6.07) is -0.710. The molecule has 4 N–H and O–H groups in total. The normalized spacial score (nSPS) is 13.2. The van der Waals surface area contributed by atoms with Crippen LogP contribution < -0.4 is 5.32 Å². The summed E-state index contributed by atoms with van der Waals surface area (Å²) in [5, 5.41) is 33.6. The Morgan fingerprint density at radius 1 is 0.348 bits per heavy atom. The lowest BCUT2D eigenvalue weighted by atomic mass is 10.0. The van der Waals surface area contributed by atoms with Crippen molar-refractivity contribution in [2.24, 2.45) is 0 Å². The van der Waals surface area contributed by atoms with Gasteiger partial charge in [0.05, 0.1) is 18.8 Å². The second-order valence-corrected chi connectivity index (χ2v) is 21.3. The Balaban J connectivity index is 3.49. The molecule has 0 aromatic heterocycles. The molecule has 0 saturated heterocycles. The summed E-state index contributed by atoms with van der Waals surface area (Å²) in [7, 11) is 0. The van der Waals surface area contributed by atoms with Crippen molar-refractivity contribution in [1.29, 1.82) is 0 Å². The van der Waals surface area contributed by atoms with Gasteiger partial charge in [-0.05, 0) is 38.5 Å². The van der Waals surface area contributed by atoms with E-state index in [1.807, 2.05) is 0 Å². The molecule has 1 amide bonds. The predicted octanol–water partition coefficient (Wildman–Crippen LogP) is 19.1. The molecular weight excluding hydrogens is 811 g/mol. The van der Waals surface area contributed by atoms with Crippen molar-refractivity contribution in [2.45, 2.75) is 366 Å². The van der Waals surface area contributed by atoms with Gasteiger partial charge in [0.1, 0.15) is 6.10 Å². The van der Waals surface area contributed by atoms with E-state index in [4.69, 9.17) is 0 Å².